The Morgan fingerprint density at radius 3 is 2.43 bits per heavy atom. The van der Waals surface area contributed by atoms with Crippen molar-refractivity contribution in [2.75, 3.05) is 45.8 Å². The Hall–Kier alpha value is -1.56. The van der Waals surface area contributed by atoms with Gasteiger partial charge in [-0.2, -0.15) is 0 Å². The number of urea groups is 1. The zero-order valence-corrected chi connectivity index (χ0v) is 14.1. The average molecular weight is 322 g/mol. The van der Waals surface area contributed by atoms with Crippen LogP contribution in [0.5, 0.6) is 0 Å². The largest absolute Gasteiger partial charge is 0.356 e. The molecule has 2 aliphatic rings. The second-order valence-corrected chi connectivity index (χ2v) is 6.43. The van der Waals surface area contributed by atoms with Crippen molar-refractivity contribution in [2.45, 2.75) is 32.1 Å². The molecule has 6 heteroatoms. The van der Waals surface area contributed by atoms with E-state index in [-0.39, 0.29) is 17.9 Å². The number of nitrogens with one attached hydrogen (secondary N) is 2. The highest BCUT2D eigenvalue weighted by molar-refractivity contribution is 5.79. The molecule has 2 fully saturated rings. The standard InChI is InChI=1S/C17H30N4O2/c1-2-8-19-17(23)21-13-6-15(7-14-21)16(22)18-9-5-12-20-10-3-4-11-20/h2,15H,1,3-14H2,(H,18,22)(H,19,23). The fourth-order valence-corrected chi connectivity index (χ4v) is 3.28. The summed E-state index contributed by atoms with van der Waals surface area (Å²) < 4.78 is 0. The minimum absolute atomic E-state index is 0.0465. The molecule has 0 saturated carbocycles. The van der Waals surface area contributed by atoms with Crippen LogP contribution in [-0.2, 0) is 4.79 Å². The molecule has 0 bridgehead atoms. The van der Waals surface area contributed by atoms with Crippen LogP contribution in [-0.4, -0.2) is 67.6 Å². The number of hydrogen-bond acceptors (Lipinski definition) is 3. The van der Waals surface area contributed by atoms with E-state index in [0.29, 0.717) is 19.6 Å². The molecule has 0 aromatic rings. The molecular formula is C17H30N4O2. The Kier molecular flexibility index (Phi) is 7.39. The average Bonchev–Trinajstić information content (AvgIpc) is 3.10. The summed E-state index contributed by atoms with van der Waals surface area (Å²) in [5.74, 6) is 0.197. The predicted octanol–water partition coefficient (Wildman–Crippen LogP) is 1.20. The highest BCUT2D eigenvalue weighted by atomic mass is 16.2. The molecule has 130 valence electrons. The molecule has 6 nitrogen and oxygen atoms in total. The van der Waals surface area contributed by atoms with E-state index in [1.807, 2.05) is 0 Å². The van der Waals surface area contributed by atoms with Crippen LogP contribution in [0.25, 0.3) is 0 Å². The summed E-state index contributed by atoms with van der Waals surface area (Å²) in [5, 5.41) is 5.84. The number of carbonyl (C=O) groups is 2. The summed E-state index contributed by atoms with van der Waals surface area (Å²) in [6.45, 7) is 9.62. The van der Waals surface area contributed by atoms with Crippen molar-refractivity contribution >= 4 is 11.9 Å². The third-order valence-electron chi connectivity index (χ3n) is 4.70. The zero-order chi connectivity index (χ0) is 16.5. The smallest absolute Gasteiger partial charge is 0.317 e. The van der Waals surface area contributed by atoms with Crippen molar-refractivity contribution in [3.63, 3.8) is 0 Å². The summed E-state index contributed by atoms with van der Waals surface area (Å²) in [7, 11) is 0. The van der Waals surface area contributed by atoms with Crippen LogP contribution in [0.1, 0.15) is 32.1 Å². The van der Waals surface area contributed by atoms with Crippen molar-refractivity contribution in [3.05, 3.63) is 12.7 Å². The van der Waals surface area contributed by atoms with Crippen molar-refractivity contribution in [2.24, 2.45) is 5.92 Å². The van der Waals surface area contributed by atoms with Crippen LogP contribution >= 0.6 is 0 Å². The molecule has 0 aromatic heterocycles. The van der Waals surface area contributed by atoms with Gasteiger partial charge in [0.05, 0.1) is 0 Å². The van der Waals surface area contributed by atoms with E-state index >= 15 is 0 Å². The van der Waals surface area contributed by atoms with Gasteiger partial charge in [-0.05, 0) is 51.7 Å². The normalized spacial score (nSPS) is 19.6. The summed E-state index contributed by atoms with van der Waals surface area (Å²) in [6, 6.07) is -0.0608. The van der Waals surface area contributed by atoms with E-state index in [2.05, 4.69) is 22.1 Å². The third kappa shape index (κ3) is 5.86. The molecule has 2 heterocycles. The second kappa shape index (κ2) is 9.55. The molecule has 0 aliphatic carbocycles. The molecule has 2 aliphatic heterocycles. The summed E-state index contributed by atoms with van der Waals surface area (Å²) >= 11 is 0. The molecule has 0 unspecified atom stereocenters. The van der Waals surface area contributed by atoms with Gasteiger partial charge in [0.15, 0.2) is 0 Å². The fourth-order valence-electron chi connectivity index (χ4n) is 3.28. The van der Waals surface area contributed by atoms with Gasteiger partial charge in [-0.3, -0.25) is 4.79 Å². The summed E-state index contributed by atoms with van der Waals surface area (Å²) in [6.07, 6.45) is 6.81. The summed E-state index contributed by atoms with van der Waals surface area (Å²) in [5.41, 5.74) is 0. The van der Waals surface area contributed by atoms with Gasteiger partial charge in [0.1, 0.15) is 0 Å². The fraction of sp³-hybridized carbons (Fsp3) is 0.765. The van der Waals surface area contributed by atoms with Crippen molar-refractivity contribution in [1.82, 2.24) is 20.4 Å². The van der Waals surface area contributed by atoms with Crippen molar-refractivity contribution in [3.8, 4) is 0 Å². The monoisotopic (exact) mass is 322 g/mol. The lowest BCUT2D eigenvalue weighted by molar-refractivity contribution is -0.126. The number of amides is 3. The van der Waals surface area contributed by atoms with Gasteiger partial charge in [-0.25, -0.2) is 4.79 Å². The third-order valence-corrected chi connectivity index (χ3v) is 4.70. The van der Waals surface area contributed by atoms with Gasteiger partial charge in [0.25, 0.3) is 0 Å². The first-order valence-corrected chi connectivity index (χ1v) is 8.84. The molecule has 2 N–H and O–H groups in total. The molecule has 0 spiro atoms. The molecule has 0 radical (unpaired) electrons. The first-order valence-electron chi connectivity index (χ1n) is 8.84. The highest BCUT2D eigenvalue weighted by Crippen LogP contribution is 2.17. The number of rotatable bonds is 7. The first kappa shape index (κ1) is 17.8. The Bertz CT molecular complexity index is 399. The number of carbonyl (C=O) groups excluding carboxylic acids is 2. The number of likely N-dealkylation sites (tertiary alicyclic amines) is 2. The summed E-state index contributed by atoms with van der Waals surface area (Å²) in [4.78, 5) is 28.3. The van der Waals surface area contributed by atoms with Gasteiger partial charge >= 0.3 is 6.03 Å². The Labute approximate surface area is 139 Å². The van der Waals surface area contributed by atoms with E-state index in [4.69, 9.17) is 0 Å². The van der Waals surface area contributed by atoms with Crippen LogP contribution in [0, 0.1) is 5.92 Å². The lowest BCUT2D eigenvalue weighted by Crippen LogP contribution is -2.47. The lowest BCUT2D eigenvalue weighted by Gasteiger charge is -2.31. The van der Waals surface area contributed by atoms with Crippen LogP contribution in [0.3, 0.4) is 0 Å². The van der Waals surface area contributed by atoms with Gasteiger partial charge in [-0.1, -0.05) is 6.08 Å². The van der Waals surface area contributed by atoms with E-state index in [0.717, 1.165) is 32.4 Å². The topological polar surface area (TPSA) is 64.7 Å². The molecule has 2 saturated heterocycles. The Balaban J connectivity index is 1.57. The van der Waals surface area contributed by atoms with Crippen LogP contribution in [0.4, 0.5) is 4.79 Å². The Morgan fingerprint density at radius 2 is 1.78 bits per heavy atom. The molecule has 2 rings (SSSR count). The van der Waals surface area contributed by atoms with Crippen LogP contribution < -0.4 is 10.6 Å². The van der Waals surface area contributed by atoms with Gasteiger partial charge < -0.3 is 20.4 Å². The SMILES string of the molecule is C=CCNC(=O)N1CCC(C(=O)NCCCN2CCCC2)CC1. The van der Waals surface area contributed by atoms with E-state index in [9.17, 15) is 9.59 Å². The Morgan fingerprint density at radius 1 is 1.09 bits per heavy atom. The van der Waals surface area contributed by atoms with Gasteiger partial charge in [0, 0.05) is 32.1 Å². The quantitative estimate of drug-likeness (QED) is 0.547. The zero-order valence-electron chi connectivity index (χ0n) is 14.1. The van der Waals surface area contributed by atoms with Crippen LogP contribution in [0.15, 0.2) is 12.7 Å². The maximum Gasteiger partial charge on any atom is 0.317 e. The highest BCUT2D eigenvalue weighted by Gasteiger charge is 2.26. The molecule has 0 aromatic carbocycles. The van der Waals surface area contributed by atoms with Crippen LogP contribution in [0.2, 0.25) is 0 Å². The maximum atomic E-state index is 12.2. The predicted molar refractivity (Wildman–Crippen MR) is 91.2 cm³/mol. The van der Waals surface area contributed by atoms with Crippen molar-refractivity contribution in [1.29, 1.82) is 0 Å². The first-order chi connectivity index (χ1) is 11.2. The lowest BCUT2D eigenvalue weighted by atomic mass is 9.96. The van der Waals surface area contributed by atoms with Crippen molar-refractivity contribution < 1.29 is 9.59 Å². The van der Waals surface area contributed by atoms with Gasteiger partial charge in [0.2, 0.25) is 5.91 Å². The molecule has 23 heavy (non-hydrogen) atoms. The van der Waals surface area contributed by atoms with E-state index in [1.165, 1.54) is 25.9 Å². The molecule has 3 amide bonds. The number of piperidine rings is 1. The molecular weight excluding hydrogens is 292 g/mol. The minimum atomic E-state index is -0.0608. The minimum Gasteiger partial charge on any atom is -0.356 e. The van der Waals surface area contributed by atoms with Gasteiger partial charge in [-0.15, -0.1) is 6.58 Å². The number of nitrogens with zero attached hydrogens (tertiary/aromatic N) is 2. The van der Waals surface area contributed by atoms with E-state index in [1.54, 1.807) is 11.0 Å². The second-order valence-electron chi connectivity index (χ2n) is 6.43. The molecule has 0 atom stereocenters. The number of hydrogen-bond donors (Lipinski definition) is 2. The maximum absolute atomic E-state index is 12.2. The van der Waals surface area contributed by atoms with E-state index < -0.39 is 0 Å².